The molecule has 0 radical (unpaired) electrons. The van der Waals surface area contributed by atoms with Crippen LogP contribution in [-0.2, 0) is 9.57 Å². The van der Waals surface area contributed by atoms with Crippen molar-refractivity contribution in [2.24, 2.45) is 5.90 Å². The molecular formula is C14H22N2O4. The Bertz CT molecular complexity index is 469. The molecule has 20 heavy (non-hydrogen) atoms. The lowest BCUT2D eigenvalue weighted by Crippen LogP contribution is -2.27. The van der Waals surface area contributed by atoms with Gasteiger partial charge in [0, 0.05) is 17.3 Å². The monoisotopic (exact) mass is 282 g/mol. The zero-order valence-electron chi connectivity index (χ0n) is 12.5. The van der Waals surface area contributed by atoms with E-state index >= 15 is 0 Å². The Hall–Kier alpha value is -1.79. The molecule has 6 nitrogen and oxygen atoms in total. The van der Waals surface area contributed by atoms with Crippen LogP contribution in [0.2, 0.25) is 0 Å². The van der Waals surface area contributed by atoms with E-state index in [9.17, 15) is 4.79 Å². The van der Waals surface area contributed by atoms with Crippen LogP contribution in [0.3, 0.4) is 0 Å². The van der Waals surface area contributed by atoms with Crippen LogP contribution < -0.4 is 16.0 Å². The molecule has 0 spiro atoms. The van der Waals surface area contributed by atoms with Crippen molar-refractivity contribution in [1.29, 1.82) is 0 Å². The molecule has 1 aromatic rings. The van der Waals surface area contributed by atoms with E-state index in [0.717, 1.165) is 5.56 Å². The molecule has 0 aliphatic heterocycles. The number of carbonyl (C=O) groups is 1. The van der Waals surface area contributed by atoms with Gasteiger partial charge in [0.15, 0.2) is 0 Å². The fourth-order valence-corrected chi connectivity index (χ4v) is 1.62. The van der Waals surface area contributed by atoms with Gasteiger partial charge < -0.3 is 9.47 Å². The normalized spacial score (nSPS) is 12.7. The zero-order chi connectivity index (χ0) is 15.3. The van der Waals surface area contributed by atoms with Crippen LogP contribution in [0.25, 0.3) is 0 Å². The van der Waals surface area contributed by atoms with Crippen LogP contribution >= 0.6 is 0 Å². The topological polar surface area (TPSA) is 82.8 Å². The number of anilines is 1. The van der Waals surface area contributed by atoms with Gasteiger partial charge in [-0.15, -0.1) is 0 Å². The van der Waals surface area contributed by atoms with Gasteiger partial charge in [-0.2, -0.15) is 0 Å². The molecule has 0 bridgehead atoms. The van der Waals surface area contributed by atoms with E-state index in [4.69, 9.17) is 20.2 Å². The number of hydrogen-bond acceptors (Lipinski definition) is 5. The number of nitrogens with two attached hydrogens (primary N) is 1. The minimum absolute atomic E-state index is 0.305. The third kappa shape index (κ3) is 4.71. The van der Waals surface area contributed by atoms with Crippen LogP contribution in [-0.4, -0.2) is 18.8 Å². The minimum atomic E-state index is -0.546. The maximum absolute atomic E-state index is 11.7. The van der Waals surface area contributed by atoms with E-state index in [1.165, 1.54) is 0 Å². The highest BCUT2D eigenvalue weighted by Crippen LogP contribution is 2.29. The highest BCUT2D eigenvalue weighted by atomic mass is 16.6. The molecule has 1 rings (SSSR count). The molecule has 1 amide bonds. The summed E-state index contributed by atoms with van der Waals surface area (Å²) in [5.74, 6) is 5.75. The molecular weight excluding hydrogens is 260 g/mol. The highest BCUT2D eigenvalue weighted by molar-refractivity contribution is 5.85. The van der Waals surface area contributed by atoms with E-state index in [2.05, 4.69) is 5.32 Å². The molecule has 0 heterocycles. The summed E-state index contributed by atoms with van der Waals surface area (Å²) < 4.78 is 10.4. The first-order chi connectivity index (χ1) is 9.26. The quantitative estimate of drug-likeness (QED) is 0.829. The van der Waals surface area contributed by atoms with Gasteiger partial charge in [-0.05, 0) is 33.8 Å². The second kappa shape index (κ2) is 6.58. The molecule has 0 saturated heterocycles. The molecule has 0 aliphatic carbocycles. The smallest absolute Gasteiger partial charge is 0.412 e. The Morgan fingerprint density at radius 3 is 2.50 bits per heavy atom. The van der Waals surface area contributed by atoms with Crippen LogP contribution in [0.15, 0.2) is 18.2 Å². The fourth-order valence-electron chi connectivity index (χ4n) is 1.62. The molecule has 1 unspecified atom stereocenters. The molecule has 3 N–H and O–H groups in total. The summed E-state index contributed by atoms with van der Waals surface area (Å²) in [4.78, 5) is 16.5. The lowest BCUT2D eigenvalue weighted by atomic mass is 10.1. The van der Waals surface area contributed by atoms with Crippen molar-refractivity contribution >= 4 is 11.8 Å². The average molecular weight is 282 g/mol. The van der Waals surface area contributed by atoms with Gasteiger partial charge in [0.05, 0.1) is 7.11 Å². The van der Waals surface area contributed by atoms with Gasteiger partial charge in [-0.25, -0.2) is 10.7 Å². The lowest BCUT2D eigenvalue weighted by Gasteiger charge is -2.20. The number of rotatable bonds is 4. The summed E-state index contributed by atoms with van der Waals surface area (Å²) in [6.45, 7) is 7.21. The number of nitrogens with one attached hydrogen (secondary N) is 1. The van der Waals surface area contributed by atoms with E-state index in [0.29, 0.717) is 11.4 Å². The molecule has 112 valence electrons. The number of amides is 1. The number of methoxy groups -OCH3 is 1. The average Bonchev–Trinajstić information content (AvgIpc) is 2.35. The second-order valence-corrected chi connectivity index (χ2v) is 5.36. The van der Waals surface area contributed by atoms with Crippen molar-refractivity contribution in [3.05, 3.63) is 23.8 Å². The van der Waals surface area contributed by atoms with Crippen LogP contribution in [0.1, 0.15) is 39.4 Å². The summed E-state index contributed by atoms with van der Waals surface area (Å²) in [6.07, 6.45) is -0.823. The third-order valence-corrected chi connectivity index (χ3v) is 2.52. The Morgan fingerprint density at radius 2 is 2.00 bits per heavy atom. The predicted octanol–water partition coefficient (Wildman–Crippen LogP) is 2.99. The second-order valence-electron chi connectivity index (χ2n) is 5.36. The molecule has 0 aliphatic rings. The summed E-state index contributed by atoms with van der Waals surface area (Å²) in [6, 6.07) is 5.20. The van der Waals surface area contributed by atoms with Gasteiger partial charge in [0.25, 0.3) is 0 Å². The number of ether oxygens (including phenoxy) is 2. The standard InChI is InChI=1S/C14H22N2O4/c1-9(20-15)11-7-6-10(8-12(11)18-5)16-13(17)19-14(2,3)4/h6-9H,15H2,1-5H3,(H,16,17). The molecule has 0 aromatic heterocycles. The molecule has 1 atom stereocenters. The van der Waals surface area contributed by atoms with E-state index < -0.39 is 11.7 Å². The van der Waals surface area contributed by atoms with Gasteiger partial charge >= 0.3 is 6.09 Å². The zero-order valence-corrected chi connectivity index (χ0v) is 12.5. The Kier molecular flexibility index (Phi) is 5.35. The Labute approximate surface area is 119 Å². The summed E-state index contributed by atoms with van der Waals surface area (Å²) in [7, 11) is 1.54. The fraction of sp³-hybridized carbons (Fsp3) is 0.500. The first kappa shape index (κ1) is 16.3. The first-order valence-electron chi connectivity index (χ1n) is 6.30. The number of hydrogen-bond donors (Lipinski definition) is 2. The van der Waals surface area contributed by atoms with Crippen LogP contribution in [0.5, 0.6) is 5.75 Å². The van der Waals surface area contributed by atoms with Crippen molar-refractivity contribution in [1.82, 2.24) is 0 Å². The SMILES string of the molecule is COc1cc(NC(=O)OC(C)(C)C)ccc1C(C)ON. The first-order valence-corrected chi connectivity index (χ1v) is 6.30. The Morgan fingerprint density at radius 1 is 1.35 bits per heavy atom. The lowest BCUT2D eigenvalue weighted by molar-refractivity contribution is 0.0636. The Balaban J connectivity index is 2.85. The van der Waals surface area contributed by atoms with Crippen molar-refractivity contribution in [3.63, 3.8) is 0 Å². The molecule has 6 heteroatoms. The van der Waals surface area contributed by atoms with Gasteiger partial charge in [0.2, 0.25) is 0 Å². The minimum Gasteiger partial charge on any atom is -0.496 e. The summed E-state index contributed by atoms with van der Waals surface area (Å²) in [5, 5.41) is 2.64. The van der Waals surface area contributed by atoms with E-state index in [1.54, 1.807) is 53.0 Å². The summed E-state index contributed by atoms with van der Waals surface area (Å²) in [5.41, 5.74) is 0.824. The van der Waals surface area contributed by atoms with Crippen molar-refractivity contribution in [2.75, 3.05) is 12.4 Å². The van der Waals surface area contributed by atoms with Gasteiger partial charge in [0.1, 0.15) is 17.5 Å². The molecule has 1 aromatic carbocycles. The van der Waals surface area contributed by atoms with E-state index in [1.807, 2.05) is 0 Å². The maximum Gasteiger partial charge on any atom is 0.412 e. The van der Waals surface area contributed by atoms with Crippen molar-refractivity contribution in [2.45, 2.75) is 39.4 Å². The van der Waals surface area contributed by atoms with Crippen molar-refractivity contribution in [3.8, 4) is 5.75 Å². The number of benzene rings is 1. The maximum atomic E-state index is 11.7. The molecule has 0 fully saturated rings. The predicted molar refractivity (Wildman–Crippen MR) is 76.5 cm³/mol. The highest BCUT2D eigenvalue weighted by Gasteiger charge is 2.17. The van der Waals surface area contributed by atoms with Crippen molar-refractivity contribution < 1.29 is 19.1 Å². The number of carbonyl (C=O) groups excluding carboxylic acids is 1. The molecule has 0 saturated carbocycles. The van der Waals surface area contributed by atoms with Gasteiger partial charge in [-0.3, -0.25) is 10.2 Å². The van der Waals surface area contributed by atoms with Crippen LogP contribution in [0, 0.1) is 0 Å². The largest absolute Gasteiger partial charge is 0.496 e. The van der Waals surface area contributed by atoms with E-state index in [-0.39, 0.29) is 6.10 Å². The van der Waals surface area contributed by atoms with Crippen LogP contribution in [0.4, 0.5) is 10.5 Å². The third-order valence-electron chi connectivity index (χ3n) is 2.52. The summed E-state index contributed by atoms with van der Waals surface area (Å²) >= 11 is 0. The van der Waals surface area contributed by atoms with Gasteiger partial charge in [-0.1, -0.05) is 6.07 Å².